The molecule has 0 saturated carbocycles. The first-order valence-electron chi connectivity index (χ1n) is 8.98. The van der Waals surface area contributed by atoms with E-state index in [0.717, 1.165) is 56.2 Å². The summed E-state index contributed by atoms with van der Waals surface area (Å²) < 4.78 is 2.44. The Balaban J connectivity index is 1.72. The van der Waals surface area contributed by atoms with Crippen LogP contribution in [0.4, 0.5) is 0 Å². The molecule has 6 nitrogen and oxygen atoms in total. The normalized spacial score (nSPS) is 21.1. The lowest BCUT2D eigenvalue weighted by atomic mass is 9.84. The number of likely N-dealkylation sites (N-methyl/N-ethyl adjacent to an activating group) is 1. The summed E-state index contributed by atoms with van der Waals surface area (Å²) in [4.78, 5) is 9.26. The maximum atomic E-state index is 4.54. The van der Waals surface area contributed by atoms with Crippen LogP contribution in [0.3, 0.4) is 0 Å². The molecule has 1 spiro atoms. The molecule has 0 amide bonds. The van der Waals surface area contributed by atoms with Gasteiger partial charge in [0.1, 0.15) is 5.82 Å². The van der Waals surface area contributed by atoms with E-state index in [9.17, 15) is 0 Å². The molecule has 2 aliphatic heterocycles. The topological polar surface area (TPSA) is 50.1 Å². The Hall–Kier alpha value is -1.79. The van der Waals surface area contributed by atoms with Gasteiger partial charge >= 0.3 is 0 Å². The summed E-state index contributed by atoms with van der Waals surface area (Å²) in [7, 11) is 2.20. The minimum Gasteiger partial charge on any atom is -0.303 e. The fraction of sp³-hybridized carbons (Fsp3) is 0.611. The van der Waals surface area contributed by atoms with E-state index in [1.165, 1.54) is 13.0 Å². The number of rotatable bonds is 3. The molecule has 0 atom stereocenters. The first-order chi connectivity index (χ1) is 11.7. The standard InChI is InChI=1S/C18H26N6/c1-3-9-23-10-6-18(7-11-23)14-22(2)13-16-20-21-17(24(16)18)15-5-4-8-19-12-15/h4-5,8,12H,3,6-7,9-11,13-14H2,1-2H3. The first-order valence-corrected chi connectivity index (χ1v) is 8.98. The molecule has 2 aliphatic rings. The first kappa shape index (κ1) is 15.7. The van der Waals surface area contributed by atoms with Crippen molar-refractivity contribution in [2.75, 3.05) is 33.2 Å². The van der Waals surface area contributed by atoms with Crippen molar-refractivity contribution in [3.63, 3.8) is 0 Å². The van der Waals surface area contributed by atoms with E-state index in [0.29, 0.717) is 0 Å². The van der Waals surface area contributed by atoms with Crippen LogP contribution in [0.1, 0.15) is 32.0 Å². The zero-order valence-corrected chi connectivity index (χ0v) is 14.6. The van der Waals surface area contributed by atoms with E-state index in [2.05, 4.69) is 49.6 Å². The minimum absolute atomic E-state index is 0.112. The van der Waals surface area contributed by atoms with Gasteiger partial charge < -0.3 is 9.47 Å². The summed E-state index contributed by atoms with van der Waals surface area (Å²) in [6.07, 6.45) is 7.26. The second-order valence-electron chi connectivity index (χ2n) is 7.26. The Morgan fingerprint density at radius 2 is 2.04 bits per heavy atom. The molecule has 1 saturated heterocycles. The van der Waals surface area contributed by atoms with Crippen molar-refractivity contribution < 1.29 is 0 Å². The Labute approximate surface area is 143 Å². The van der Waals surface area contributed by atoms with Crippen molar-refractivity contribution in [2.45, 2.75) is 38.3 Å². The number of hydrogen-bond donors (Lipinski definition) is 0. The summed E-state index contributed by atoms with van der Waals surface area (Å²) in [5, 5.41) is 9.06. The highest BCUT2D eigenvalue weighted by atomic mass is 15.4. The van der Waals surface area contributed by atoms with E-state index in [-0.39, 0.29) is 5.54 Å². The van der Waals surface area contributed by atoms with Gasteiger partial charge in [-0.05, 0) is 45.0 Å². The van der Waals surface area contributed by atoms with Crippen LogP contribution in [0.2, 0.25) is 0 Å². The second kappa shape index (κ2) is 6.26. The number of pyridine rings is 1. The number of aromatic nitrogens is 4. The van der Waals surface area contributed by atoms with Crippen molar-refractivity contribution in [1.82, 2.24) is 29.5 Å². The Morgan fingerprint density at radius 3 is 2.75 bits per heavy atom. The number of likely N-dealkylation sites (tertiary alicyclic amines) is 1. The Bertz CT molecular complexity index is 687. The molecule has 0 unspecified atom stereocenters. The molecule has 128 valence electrons. The van der Waals surface area contributed by atoms with Crippen LogP contribution in [0.5, 0.6) is 0 Å². The number of piperidine rings is 1. The van der Waals surface area contributed by atoms with Gasteiger partial charge in [0.05, 0.1) is 12.1 Å². The summed E-state index contributed by atoms with van der Waals surface area (Å²) in [5.41, 5.74) is 1.18. The van der Waals surface area contributed by atoms with Gasteiger partial charge in [-0.1, -0.05) is 6.92 Å². The summed E-state index contributed by atoms with van der Waals surface area (Å²) in [6.45, 7) is 7.73. The molecule has 1 fully saturated rings. The molecule has 2 aromatic heterocycles. The largest absolute Gasteiger partial charge is 0.303 e. The average molecular weight is 326 g/mol. The van der Waals surface area contributed by atoms with Gasteiger partial charge in [0.15, 0.2) is 5.82 Å². The molecule has 6 heteroatoms. The van der Waals surface area contributed by atoms with Gasteiger partial charge in [-0.2, -0.15) is 0 Å². The molecule has 24 heavy (non-hydrogen) atoms. The van der Waals surface area contributed by atoms with Crippen LogP contribution < -0.4 is 0 Å². The summed E-state index contributed by atoms with van der Waals surface area (Å²) >= 11 is 0. The molecule has 2 aromatic rings. The van der Waals surface area contributed by atoms with Crippen LogP contribution in [-0.4, -0.2) is 62.8 Å². The average Bonchev–Trinajstić information content (AvgIpc) is 3.03. The van der Waals surface area contributed by atoms with Crippen molar-refractivity contribution in [3.05, 3.63) is 30.4 Å². The molecule has 0 bridgehead atoms. The fourth-order valence-corrected chi connectivity index (χ4v) is 4.36. The van der Waals surface area contributed by atoms with Crippen LogP contribution in [0.15, 0.2) is 24.5 Å². The lowest BCUT2D eigenvalue weighted by Crippen LogP contribution is -2.55. The molecular formula is C18H26N6. The van der Waals surface area contributed by atoms with E-state index >= 15 is 0 Å². The second-order valence-corrected chi connectivity index (χ2v) is 7.26. The van der Waals surface area contributed by atoms with Crippen molar-refractivity contribution in [3.8, 4) is 11.4 Å². The predicted molar refractivity (Wildman–Crippen MR) is 93.5 cm³/mol. The third kappa shape index (κ3) is 2.63. The molecule has 4 rings (SSSR count). The minimum atomic E-state index is 0.112. The monoisotopic (exact) mass is 326 g/mol. The summed E-state index contributed by atoms with van der Waals surface area (Å²) in [5.74, 6) is 2.07. The zero-order chi connectivity index (χ0) is 16.6. The number of nitrogens with zero attached hydrogens (tertiary/aromatic N) is 6. The smallest absolute Gasteiger partial charge is 0.166 e. The van der Waals surface area contributed by atoms with Crippen LogP contribution in [0.25, 0.3) is 11.4 Å². The highest BCUT2D eigenvalue weighted by Gasteiger charge is 2.43. The fourth-order valence-electron chi connectivity index (χ4n) is 4.36. The Morgan fingerprint density at radius 1 is 1.21 bits per heavy atom. The quantitative estimate of drug-likeness (QED) is 0.863. The van der Waals surface area contributed by atoms with Gasteiger partial charge in [0.25, 0.3) is 0 Å². The lowest BCUT2D eigenvalue weighted by molar-refractivity contribution is 0.0519. The van der Waals surface area contributed by atoms with Gasteiger partial charge in [-0.3, -0.25) is 9.88 Å². The van der Waals surface area contributed by atoms with Crippen LogP contribution in [0, 0.1) is 0 Å². The molecule has 0 aliphatic carbocycles. The zero-order valence-electron chi connectivity index (χ0n) is 14.6. The number of hydrogen-bond acceptors (Lipinski definition) is 5. The lowest BCUT2D eigenvalue weighted by Gasteiger charge is -2.48. The van der Waals surface area contributed by atoms with Gasteiger partial charge in [0, 0.05) is 37.6 Å². The molecule has 4 heterocycles. The molecule has 0 radical (unpaired) electrons. The SMILES string of the molecule is CCCN1CCC2(CC1)CN(C)Cc1nnc(-c3cccnc3)n12. The molecule has 0 N–H and O–H groups in total. The van der Waals surface area contributed by atoms with E-state index in [1.54, 1.807) is 0 Å². The summed E-state index contributed by atoms with van der Waals surface area (Å²) in [6, 6.07) is 4.06. The van der Waals surface area contributed by atoms with E-state index < -0.39 is 0 Å². The molecule has 0 aromatic carbocycles. The van der Waals surface area contributed by atoms with Crippen molar-refractivity contribution >= 4 is 0 Å². The highest BCUT2D eigenvalue weighted by molar-refractivity contribution is 5.54. The van der Waals surface area contributed by atoms with Gasteiger partial charge in [0.2, 0.25) is 0 Å². The predicted octanol–water partition coefficient (Wildman–Crippen LogP) is 1.99. The van der Waals surface area contributed by atoms with Crippen LogP contribution >= 0.6 is 0 Å². The Kier molecular flexibility index (Phi) is 4.10. The maximum absolute atomic E-state index is 4.54. The van der Waals surface area contributed by atoms with E-state index in [1.807, 2.05) is 18.5 Å². The third-order valence-electron chi connectivity index (χ3n) is 5.43. The number of fused-ring (bicyclic) bond motifs is 2. The van der Waals surface area contributed by atoms with E-state index in [4.69, 9.17) is 0 Å². The van der Waals surface area contributed by atoms with Gasteiger partial charge in [-0.25, -0.2) is 0 Å². The van der Waals surface area contributed by atoms with Crippen LogP contribution in [-0.2, 0) is 12.1 Å². The van der Waals surface area contributed by atoms with Gasteiger partial charge in [-0.15, -0.1) is 10.2 Å². The van der Waals surface area contributed by atoms with Crippen molar-refractivity contribution in [1.29, 1.82) is 0 Å². The molecular weight excluding hydrogens is 300 g/mol. The van der Waals surface area contributed by atoms with Crippen molar-refractivity contribution in [2.24, 2.45) is 0 Å². The third-order valence-corrected chi connectivity index (χ3v) is 5.43. The maximum Gasteiger partial charge on any atom is 0.166 e. The highest BCUT2D eigenvalue weighted by Crippen LogP contribution is 2.38.